The minimum atomic E-state index is -1.24. The number of nitrogen functional groups attached to an aromatic ring is 1. The van der Waals surface area contributed by atoms with Gasteiger partial charge in [0.05, 0.1) is 18.4 Å². The summed E-state index contributed by atoms with van der Waals surface area (Å²) in [6.45, 7) is 2.59. The van der Waals surface area contributed by atoms with Gasteiger partial charge in [0.15, 0.2) is 17.3 Å². The van der Waals surface area contributed by atoms with E-state index in [0.717, 1.165) is 16.0 Å². The number of halogens is 2. The van der Waals surface area contributed by atoms with Crippen LogP contribution in [0.4, 0.5) is 8.78 Å². The fourth-order valence-corrected chi connectivity index (χ4v) is 5.14. The van der Waals surface area contributed by atoms with Crippen LogP contribution < -0.4 is 15.2 Å². The van der Waals surface area contributed by atoms with Crippen LogP contribution >= 0.6 is 11.8 Å². The van der Waals surface area contributed by atoms with Gasteiger partial charge in [-0.1, -0.05) is 11.8 Å². The molecule has 10 nitrogen and oxygen atoms in total. The number of pyridine rings is 1. The number of nitrogens with two attached hydrogens (primary N) is 1. The summed E-state index contributed by atoms with van der Waals surface area (Å²) >= 11 is 1.42. The lowest BCUT2D eigenvalue weighted by atomic mass is 10.1. The first kappa shape index (κ1) is 30.4. The van der Waals surface area contributed by atoms with Crippen molar-refractivity contribution < 1.29 is 32.9 Å². The summed E-state index contributed by atoms with van der Waals surface area (Å²) in [6, 6.07) is 16.0. The molecule has 1 aliphatic rings. The topological polar surface area (TPSA) is 143 Å². The van der Waals surface area contributed by atoms with Gasteiger partial charge in [0, 0.05) is 33.7 Å². The van der Waals surface area contributed by atoms with Gasteiger partial charge >= 0.3 is 5.97 Å². The first-order valence-corrected chi connectivity index (χ1v) is 14.1. The molecule has 0 bridgehead atoms. The van der Waals surface area contributed by atoms with Crippen LogP contribution in [0.5, 0.6) is 28.9 Å². The molecule has 4 N–H and O–H groups in total. The van der Waals surface area contributed by atoms with Crippen molar-refractivity contribution in [1.82, 2.24) is 9.88 Å². The minimum absolute atomic E-state index is 0.152. The monoisotopic (exact) mass is 619 g/mol. The average Bonchev–Trinajstić information content (AvgIpc) is 3.44. The Balaban J connectivity index is 1.45. The molecule has 0 amide bonds. The molecule has 226 valence electrons. The summed E-state index contributed by atoms with van der Waals surface area (Å²) in [5.41, 5.74) is 6.71. The highest BCUT2D eigenvalue weighted by molar-refractivity contribution is 7.99. The summed E-state index contributed by atoms with van der Waals surface area (Å²) in [7, 11) is 1.86. The Morgan fingerprint density at radius 3 is 2.48 bits per heavy atom. The van der Waals surface area contributed by atoms with Crippen LogP contribution in [-0.4, -0.2) is 53.2 Å². The molecule has 1 atom stereocenters. The highest BCUT2D eigenvalue weighted by atomic mass is 32.2. The molecule has 0 spiro atoms. The van der Waals surface area contributed by atoms with Crippen molar-refractivity contribution in [2.24, 2.45) is 10.7 Å². The van der Waals surface area contributed by atoms with Gasteiger partial charge in [-0.15, -0.1) is 0 Å². The quantitative estimate of drug-likeness (QED) is 0.106. The van der Waals surface area contributed by atoms with Crippen molar-refractivity contribution in [1.29, 1.82) is 5.41 Å². The second-order valence-electron chi connectivity index (χ2n) is 9.55. The number of benzene rings is 3. The van der Waals surface area contributed by atoms with E-state index in [1.165, 1.54) is 30.0 Å². The van der Waals surface area contributed by atoms with Gasteiger partial charge in [0.1, 0.15) is 17.8 Å². The normalized spacial score (nSPS) is 14.4. The third kappa shape index (κ3) is 6.63. The van der Waals surface area contributed by atoms with Crippen molar-refractivity contribution >= 4 is 29.8 Å². The molecule has 5 rings (SSSR count). The molecule has 4 aromatic rings. The van der Waals surface area contributed by atoms with Crippen LogP contribution in [0.1, 0.15) is 34.6 Å². The zero-order valence-electron chi connectivity index (χ0n) is 23.6. The molecular formula is C31H27F2N5O5S. The third-order valence-electron chi connectivity index (χ3n) is 6.48. The Bertz CT molecular complexity index is 1750. The van der Waals surface area contributed by atoms with Crippen LogP contribution in [-0.2, 0) is 4.74 Å². The lowest BCUT2D eigenvalue weighted by Crippen LogP contribution is -2.19. The number of aliphatic imine (C=N–C) groups is 1. The van der Waals surface area contributed by atoms with E-state index < -0.39 is 35.4 Å². The van der Waals surface area contributed by atoms with E-state index in [4.69, 9.17) is 25.4 Å². The fraction of sp³-hybridized carbons (Fsp3) is 0.161. The van der Waals surface area contributed by atoms with Crippen molar-refractivity contribution in [3.05, 3.63) is 95.2 Å². The number of phenolic OH excluding ortho intramolecular Hbond substituents is 1. The number of carbonyl (C=O) groups excluding carboxylic acids is 1. The Labute approximate surface area is 255 Å². The van der Waals surface area contributed by atoms with Gasteiger partial charge in [0.2, 0.25) is 11.6 Å². The number of aromatic nitrogens is 1. The Morgan fingerprint density at radius 2 is 1.80 bits per heavy atom. The van der Waals surface area contributed by atoms with Gasteiger partial charge in [0.25, 0.3) is 5.88 Å². The smallest absolute Gasteiger partial charge is 0.338 e. The molecule has 44 heavy (non-hydrogen) atoms. The number of carbonyl (C=O) groups is 1. The zero-order chi connectivity index (χ0) is 31.4. The van der Waals surface area contributed by atoms with E-state index in [1.807, 2.05) is 18.0 Å². The number of hydrogen-bond acceptors (Lipinski definition) is 10. The van der Waals surface area contributed by atoms with Crippen LogP contribution in [0.25, 0.3) is 0 Å². The number of amidine groups is 1. The van der Waals surface area contributed by atoms with Crippen LogP contribution in [0.3, 0.4) is 0 Å². The molecular weight excluding hydrogens is 592 g/mol. The zero-order valence-corrected chi connectivity index (χ0v) is 24.4. The van der Waals surface area contributed by atoms with E-state index in [9.17, 15) is 14.3 Å². The molecule has 1 aromatic heterocycles. The van der Waals surface area contributed by atoms with E-state index in [1.54, 1.807) is 49.5 Å². The van der Waals surface area contributed by atoms with Crippen molar-refractivity contribution in [2.45, 2.75) is 22.9 Å². The van der Waals surface area contributed by atoms with E-state index in [-0.39, 0.29) is 35.3 Å². The standard InChI is InChI=1S/C31H27F2N5O5S/c1-3-41-31(40)17-4-7-19(8-5-17)44-20-9-11-24(21(15-20)29-36-12-13-38(29)2)42-27-22(32)16-37-30(26(27)33)43-25-14-18(28(34)35)6-10-23(25)39/h4-12,14-16,29,39H,3,13H2,1-2H3,(H3,34,35). The summed E-state index contributed by atoms with van der Waals surface area (Å²) < 4.78 is 46.8. The second kappa shape index (κ2) is 13.1. The number of rotatable bonds is 10. The number of aromatic hydroxyl groups is 1. The fourth-order valence-electron chi connectivity index (χ4n) is 4.28. The molecule has 13 heteroatoms. The minimum Gasteiger partial charge on any atom is -0.504 e. The Morgan fingerprint density at radius 1 is 1.07 bits per heavy atom. The van der Waals surface area contributed by atoms with Crippen LogP contribution in [0.15, 0.2) is 81.6 Å². The van der Waals surface area contributed by atoms with Gasteiger partial charge in [-0.3, -0.25) is 15.3 Å². The second-order valence-corrected chi connectivity index (χ2v) is 10.7. The average molecular weight is 620 g/mol. The van der Waals surface area contributed by atoms with Gasteiger partial charge < -0.3 is 25.1 Å². The molecule has 1 unspecified atom stereocenters. The van der Waals surface area contributed by atoms with E-state index >= 15 is 4.39 Å². The van der Waals surface area contributed by atoms with Crippen molar-refractivity contribution in [3.63, 3.8) is 0 Å². The largest absolute Gasteiger partial charge is 0.504 e. The molecule has 2 heterocycles. The molecule has 0 saturated carbocycles. The molecule has 0 fully saturated rings. The summed E-state index contributed by atoms with van der Waals surface area (Å²) in [5, 5.41) is 17.8. The third-order valence-corrected chi connectivity index (χ3v) is 7.48. The summed E-state index contributed by atoms with van der Waals surface area (Å²) in [5.74, 6) is -4.89. The van der Waals surface area contributed by atoms with Crippen LogP contribution in [0.2, 0.25) is 0 Å². The van der Waals surface area contributed by atoms with Gasteiger partial charge in [-0.2, -0.15) is 4.39 Å². The maximum Gasteiger partial charge on any atom is 0.338 e. The molecule has 1 aliphatic heterocycles. The lowest BCUT2D eigenvalue weighted by Gasteiger charge is -2.22. The maximum absolute atomic E-state index is 15.6. The van der Waals surface area contributed by atoms with Crippen molar-refractivity contribution in [3.8, 4) is 28.9 Å². The number of ether oxygens (including phenoxy) is 3. The Kier molecular flexibility index (Phi) is 9.07. The Hall–Kier alpha value is -5.01. The molecule has 3 aromatic carbocycles. The number of phenols is 1. The first-order valence-electron chi connectivity index (χ1n) is 13.3. The predicted octanol–water partition coefficient (Wildman–Crippen LogP) is 6.28. The first-order chi connectivity index (χ1) is 21.1. The number of hydrogen-bond donors (Lipinski definition) is 3. The predicted molar refractivity (Wildman–Crippen MR) is 160 cm³/mol. The highest BCUT2D eigenvalue weighted by Gasteiger charge is 2.27. The SMILES string of the molecule is CCOC(=O)c1ccc(Sc2ccc(Oc3c(F)cnc(Oc4cc(C(=N)N)ccc4O)c3F)c(C3N=CCN3C)c2)cc1. The highest BCUT2D eigenvalue weighted by Crippen LogP contribution is 2.41. The lowest BCUT2D eigenvalue weighted by molar-refractivity contribution is 0.0526. The van der Waals surface area contributed by atoms with Gasteiger partial charge in [-0.25, -0.2) is 14.2 Å². The van der Waals surface area contributed by atoms with Crippen molar-refractivity contribution in [2.75, 3.05) is 20.2 Å². The van der Waals surface area contributed by atoms with Crippen LogP contribution in [0, 0.1) is 17.0 Å². The summed E-state index contributed by atoms with van der Waals surface area (Å²) in [6.07, 6.45) is 2.00. The molecule has 0 aliphatic carbocycles. The summed E-state index contributed by atoms with van der Waals surface area (Å²) in [4.78, 5) is 23.8. The number of nitrogens with one attached hydrogen (secondary N) is 1. The van der Waals surface area contributed by atoms with E-state index in [2.05, 4.69) is 9.98 Å². The number of esters is 1. The van der Waals surface area contributed by atoms with E-state index in [0.29, 0.717) is 17.7 Å². The molecule has 0 radical (unpaired) electrons. The number of nitrogens with zero attached hydrogens (tertiary/aromatic N) is 3. The molecule has 0 saturated heterocycles. The van der Waals surface area contributed by atoms with Gasteiger partial charge in [-0.05, 0) is 74.6 Å². The maximum atomic E-state index is 15.6.